The molecule has 0 bridgehead atoms. The molecule has 3 heterocycles. The molecule has 0 unspecified atom stereocenters. The van der Waals surface area contributed by atoms with Crippen LogP contribution in [0, 0.1) is 5.92 Å². The molecule has 8 nitrogen and oxygen atoms in total. The number of aromatic nitrogens is 5. The van der Waals surface area contributed by atoms with Crippen molar-refractivity contribution < 1.29 is 9.53 Å². The molecule has 0 aliphatic heterocycles. The Bertz CT molecular complexity index is 1060. The molecule has 1 amide bonds. The van der Waals surface area contributed by atoms with Gasteiger partial charge in [-0.2, -0.15) is 24.7 Å². The summed E-state index contributed by atoms with van der Waals surface area (Å²) in [7, 11) is -1.11. The van der Waals surface area contributed by atoms with E-state index >= 15 is 0 Å². The SMILES string of the molecule is C[Si-](C)(C)CCOCn1ccc2c(-c3cnn([C@H](CC(N)=O)C4CCCC4)c3)ncnc21. The molecule has 0 aromatic carbocycles. The third-order valence-corrected chi connectivity index (χ3v) is 8.06. The molecule has 1 fully saturated rings. The normalized spacial score (nSPS) is 16.1. The average Bonchev–Trinajstić information content (AvgIpc) is 3.49. The lowest BCUT2D eigenvalue weighted by atomic mass is 9.95. The van der Waals surface area contributed by atoms with Crippen LogP contribution < -0.4 is 5.73 Å². The molecule has 1 atom stereocenters. The molecule has 0 spiro atoms. The van der Waals surface area contributed by atoms with Gasteiger partial charge in [0.05, 0.1) is 17.9 Å². The third kappa shape index (κ3) is 5.27. The highest BCUT2D eigenvalue weighted by molar-refractivity contribution is 6.76. The average molecular weight is 455 g/mol. The predicted molar refractivity (Wildman–Crippen MR) is 128 cm³/mol. The maximum atomic E-state index is 11.7. The van der Waals surface area contributed by atoms with E-state index < -0.39 is 8.07 Å². The first-order chi connectivity index (χ1) is 15.3. The highest BCUT2D eigenvalue weighted by Gasteiger charge is 2.28. The summed E-state index contributed by atoms with van der Waals surface area (Å²) in [4.78, 5) is 20.7. The quantitative estimate of drug-likeness (QED) is 0.365. The van der Waals surface area contributed by atoms with E-state index in [0.29, 0.717) is 19.1 Å². The number of carbonyl (C=O) groups excluding carboxylic acids is 1. The van der Waals surface area contributed by atoms with Gasteiger partial charge in [-0.15, -0.1) is 14.1 Å². The predicted octanol–water partition coefficient (Wildman–Crippen LogP) is 4.21. The van der Waals surface area contributed by atoms with Crippen molar-refractivity contribution >= 4 is 25.0 Å². The molecular formula is C23H34N6O2Si-. The van der Waals surface area contributed by atoms with Crippen LogP contribution >= 0.6 is 0 Å². The van der Waals surface area contributed by atoms with Crippen LogP contribution in [0.25, 0.3) is 22.3 Å². The van der Waals surface area contributed by atoms with Crippen LogP contribution in [0.15, 0.2) is 31.0 Å². The monoisotopic (exact) mass is 454 g/mol. The first-order valence-electron chi connectivity index (χ1n) is 11.5. The van der Waals surface area contributed by atoms with Gasteiger partial charge in [-0.25, -0.2) is 9.97 Å². The summed E-state index contributed by atoms with van der Waals surface area (Å²) >= 11 is 0. The van der Waals surface area contributed by atoms with E-state index in [1.54, 1.807) is 6.33 Å². The zero-order valence-electron chi connectivity index (χ0n) is 19.3. The highest BCUT2D eigenvalue weighted by atomic mass is 28.3. The van der Waals surface area contributed by atoms with Crippen LogP contribution in [0.3, 0.4) is 0 Å². The maximum absolute atomic E-state index is 11.7. The van der Waals surface area contributed by atoms with Crippen molar-refractivity contribution in [1.82, 2.24) is 24.3 Å². The Hall–Kier alpha value is -2.52. The van der Waals surface area contributed by atoms with E-state index in [1.165, 1.54) is 12.8 Å². The van der Waals surface area contributed by atoms with Crippen LogP contribution in [0.5, 0.6) is 0 Å². The molecule has 0 radical (unpaired) electrons. The molecule has 4 rings (SSSR count). The minimum absolute atomic E-state index is 0.00504. The second-order valence-electron chi connectivity index (χ2n) is 10.1. The number of rotatable bonds is 10. The van der Waals surface area contributed by atoms with E-state index in [2.05, 4.69) is 34.7 Å². The lowest BCUT2D eigenvalue weighted by molar-refractivity contribution is -0.119. The Morgan fingerprint density at radius 3 is 2.78 bits per heavy atom. The fraction of sp³-hybridized carbons (Fsp3) is 0.565. The summed E-state index contributed by atoms with van der Waals surface area (Å²) in [5.74, 6) is 0.157. The maximum Gasteiger partial charge on any atom is 0.219 e. The number of nitrogens with zero attached hydrogens (tertiary/aromatic N) is 5. The van der Waals surface area contributed by atoms with Gasteiger partial charge in [-0.1, -0.05) is 12.8 Å². The molecule has 173 valence electrons. The van der Waals surface area contributed by atoms with Crippen molar-refractivity contribution in [3.8, 4) is 11.3 Å². The van der Waals surface area contributed by atoms with Crippen molar-refractivity contribution in [3.63, 3.8) is 0 Å². The number of hydrogen-bond acceptors (Lipinski definition) is 5. The van der Waals surface area contributed by atoms with Crippen LogP contribution in [-0.2, 0) is 16.3 Å². The van der Waals surface area contributed by atoms with Crippen molar-refractivity contribution in [2.75, 3.05) is 6.61 Å². The topological polar surface area (TPSA) is 101 Å². The summed E-state index contributed by atoms with van der Waals surface area (Å²) < 4.78 is 9.85. The summed E-state index contributed by atoms with van der Waals surface area (Å²) in [5, 5.41) is 5.57. The number of ether oxygens (including phenoxy) is 1. The Kier molecular flexibility index (Phi) is 6.76. The Morgan fingerprint density at radius 1 is 1.28 bits per heavy atom. The molecule has 1 saturated carbocycles. The highest BCUT2D eigenvalue weighted by Crippen LogP contribution is 2.37. The van der Waals surface area contributed by atoms with E-state index in [-0.39, 0.29) is 11.9 Å². The molecule has 1 aliphatic carbocycles. The van der Waals surface area contributed by atoms with E-state index in [1.807, 2.05) is 33.9 Å². The van der Waals surface area contributed by atoms with Crippen LogP contribution in [0.2, 0.25) is 25.7 Å². The lowest BCUT2D eigenvalue weighted by Gasteiger charge is -2.26. The Labute approximate surface area is 190 Å². The molecule has 3 aromatic heterocycles. The van der Waals surface area contributed by atoms with Gasteiger partial charge in [-0.05, 0) is 24.8 Å². The molecule has 32 heavy (non-hydrogen) atoms. The molecule has 1 aliphatic rings. The van der Waals surface area contributed by atoms with Gasteiger partial charge in [0, 0.05) is 36.4 Å². The second kappa shape index (κ2) is 9.54. The molecular weight excluding hydrogens is 420 g/mol. The number of fused-ring (bicyclic) bond motifs is 1. The van der Waals surface area contributed by atoms with Crippen LogP contribution in [0.1, 0.15) is 38.1 Å². The van der Waals surface area contributed by atoms with Crippen LogP contribution in [-0.4, -0.2) is 44.9 Å². The van der Waals surface area contributed by atoms with Gasteiger partial charge in [-0.3, -0.25) is 9.48 Å². The second-order valence-corrected chi connectivity index (χ2v) is 15.7. The van der Waals surface area contributed by atoms with E-state index in [9.17, 15) is 4.79 Å². The first kappa shape index (κ1) is 22.7. The summed E-state index contributed by atoms with van der Waals surface area (Å²) in [6.45, 7) is 8.29. The molecule has 2 N–H and O–H groups in total. The van der Waals surface area contributed by atoms with Crippen LogP contribution in [0.4, 0.5) is 0 Å². The molecule has 0 saturated heterocycles. The molecule has 9 heteroatoms. The minimum atomic E-state index is -1.11. The van der Waals surface area contributed by atoms with Gasteiger partial charge >= 0.3 is 0 Å². The minimum Gasteiger partial charge on any atom is -0.370 e. The summed E-state index contributed by atoms with van der Waals surface area (Å²) in [5.41, 5.74) is 8.16. The van der Waals surface area contributed by atoms with E-state index in [4.69, 9.17) is 10.5 Å². The van der Waals surface area contributed by atoms with Crippen molar-refractivity contribution in [2.45, 2.75) is 70.6 Å². The van der Waals surface area contributed by atoms with Crippen molar-refractivity contribution in [1.29, 1.82) is 0 Å². The number of amides is 1. The number of hydrogen-bond donors (Lipinski definition) is 1. The largest absolute Gasteiger partial charge is 0.370 e. The zero-order valence-corrected chi connectivity index (χ0v) is 20.3. The fourth-order valence-corrected chi connectivity index (χ4v) is 5.30. The van der Waals surface area contributed by atoms with Gasteiger partial charge < -0.3 is 15.0 Å². The van der Waals surface area contributed by atoms with Gasteiger partial charge in [0.2, 0.25) is 5.91 Å². The van der Waals surface area contributed by atoms with E-state index in [0.717, 1.165) is 47.8 Å². The standard InChI is InChI=1S/C23H34N6O2Si/c1-32(2,3)11-10-31-16-28-9-8-19-22(25-15-26-23(19)28)18-13-27-29(14-18)20(12-21(24)30)17-6-4-5-7-17/h8-9,13-15,17,20H,4-7,10-12,16H2,1-3H3,(H2,24,30)/q-1/t20-/m1/s1. The number of carbonyl (C=O) groups is 1. The summed E-state index contributed by atoms with van der Waals surface area (Å²) in [6, 6.07) is 3.17. The smallest absolute Gasteiger partial charge is 0.219 e. The number of nitrogens with two attached hydrogens (primary N) is 1. The zero-order chi connectivity index (χ0) is 22.7. The lowest BCUT2D eigenvalue weighted by Crippen LogP contribution is -2.24. The Balaban J connectivity index is 1.54. The number of primary amides is 1. The first-order valence-corrected chi connectivity index (χ1v) is 15.2. The summed E-state index contributed by atoms with van der Waals surface area (Å²) in [6.07, 6.45) is 12.4. The van der Waals surface area contributed by atoms with Crippen molar-refractivity contribution in [3.05, 3.63) is 31.0 Å². The fourth-order valence-electron chi connectivity index (χ4n) is 4.55. The third-order valence-electron chi connectivity index (χ3n) is 6.35. The van der Waals surface area contributed by atoms with Gasteiger partial charge in [0.15, 0.2) is 0 Å². The van der Waals surface area contributed by atoms with Crippen molar-refractivity contribution in [2.24, 2.45) is 11.7 Å². The Morgan fingerprint density at radius 2 is 2.06 bits per heavy atom. The molecule has 3 aromatic rings. The van der Waals surface area contributed by atoms with Gasteiger partial charge in [0.25, 0.3) is 0 Å². The van der Waals surface area contributed by atoms with Gasteiger partial charge in [0.1, 0.15) is 18.7 Å².